The summed E-state index contributed by atoms with van der Waals surface area (Å²) in [6, 6.07) is 5.57. The van der Waals surface area contributed by atoms with Crippen molar-refractivity contribution in [2.75, 3.05) is 19.5 Å². The van der Waals surface area contributed by atoms with Crippen LogP contribution in [0.4, 0.5) is 5.13 Å². The maximum Gasteiger partial charge on any atom is 0.229 e. The lowest BCUT2D eigenvalue weighted by molar-refractivity contribution is -0.120. The minimum Gasteiger partial charge on any atom is -0.497 e. The summed E-state index contributed by atoms with van der Waals surface area (Å²) in [5.74, 6) is 1.53. The molecule has 0 spiro atoms. The summed E-state index contributed by atoms with van der Waals surface area (Å²) in [5, 5.41) is 5.45. The highest BCUT2D eigenvalue weighted by molar-refractivity contribution is 7.14. The first-order valence-electron chi connectivity index (χ1n) is 7.85. The Labute approximate surface area is 145 Å². The zero-order valence-electron chi connectivity index (χ0n) is 13.7. The number of carbonyl (C=O) groups is 1. The second-order valence-corrected chi connectivity index (χ2v) is 6.43. The average molecular weight is 344 g/mol. The molecule has 5 nitrogen and oxygen atoms in total. The lowest BCUT2D eigenvalue weighted by Crippen LogP contribution is -2.23. The highest BCUT2D eigenvalue weighted by Gasteiger charge is 2.20. The van der Waals surface area contributed by atoms with Gasteiger partial charge in [-0.25, -0.2) is 4.98 Å². The Morgan fingerprint density at radius 1 is 1.29 bits per heavy atom. The highest BCUT2D eigenvalue weighted by Crippen LogP contribution is 2.35. The van der Waals surface area contributed by atoms with Gasteiger partial charge in [-0.05, 0) is 37.5 Å². The quantitative estimate of drug-likeness (QED) is 0.829. The molecule has 126 valence electrons. The summed E-state index contributed by atoms with van der Waals surface area (Å²) in [6.45, 7) is 0. The van der Waals surface area contributed by atoms with Gasteiger partial charge in [-0.3, -0.25) is 4.79 Å². The first kappa shape index (κ1) is 16.5. The summed E-state index contributed by atoms with van der Waals surface area (Å²) in [4.78, 5) is 16.8. The van der Waals surface area contributed by atoms with Crippen molar-refractivity contribution in [2.45, 2.75) is 19.3 Å². The summed E-state index contributed by atoms with van der Waals surface area (Å²) >= 11 is 1.41. The zero-order valence-corrected chi connectivity index (χ0v) is 14.6. The van der Waals surface area contributed by atoms with E-state index in [2.05, 4.69) is 22.5 Å². The minimum atomic E-state index is 0.0358. The van der Waals surface area contributed by atoms with Gasteiger partial charge in [0.05, 0.1) is 19.9 Å². The van der Waals surface area contributed by atoms with Crippen LogP contribution in [-0.4, -0.2) is 25.1 Å². The number of hydrogen-bond donors (Lipinski definition) is 1. The van der Waals surface area contributed by atoms with Gasteiger partial charge in [0, 0.05) is 16.9 Å². The van der Waals surface area contributed by atoms with Crippen molar-refractivity contribution in [3.63, 3.8) is 0 Å². The van der Waals surface area contributed by atoms with E-state index in [1.807, 2.05) is 23.6 Å². The molecule has 0 bridgehead atoms. The average Bonchev–Trinajstić information content (AvgIpc) is 3.10. The molecule has 0 saturated carbocycles. The maximum atomic E-state index is 12.3. The lowest BCUT2D eigenvalue weighted by Gasteiger charge is -2.16. The van der Waals surface area contributed by atoms with Crippen molar-refractivity contribution in [3.05, 3.63) is 35.7 Å². The number of amides is 1. The Balaban J connectivity index is 1.78. The first-order chi connectivity index (χ1) is 11.7. The maximum absolute atomic E-state index is 12.3. The largest absolute Gasteiger partial charge is 0.497 e. The second kappa shape index (κ2) is 7.49. The number of methoxy groups -OCH3 is 2. The topological polar surface area (TPSA) is 60.5 Å². The van der Waals surface area contributed by atoms with Crippen molar-refractivity contribution in [2.24, 2.45) is 5.92 Å². The number of allylic oxidation sites excluding steroid dienone is 2. The minimum absolute atomic E-state index is 0.0358. The van der Waals surface area contributed by atoms with Crippen LogP contribution in [-0.2, 0) is 4.79 Å². The molecule has 1 amide bonds. The van der Waals surface area contributed by atoms with Gasteiger partial charge in [0.25, 0.3) is 0 Å². The number of anilines is 1. The highest BCUT2D eigenvalue weighted by atomic mass is 32.1. The monoisotopic (exact) mass is 344 g/mol. The molecule has 6 heteroatoms. The SMILES string of the molecule is COc1ccc(OC)c(-c2csc(NC(=O)[C@@H]3CC=CCC3)n2)c1. The Morgan fingerprint density at radius 3 is 2.88 bits per heavy atom. The number of carbonyl (C=O) groups excluding carboxylic acids is 1. The van der Waals surface area contributed by atoms with E-state index in [-0.39, 0.29) is 11.8 Å². The number of thiazole rings is 1. The molecule has 1 aliphatic carbocycles. The van der Waals surface area contributed by atoms with Crippen molar-refractivity contribution in [1.29, 1.82) is 0 Å². The van der Waals surface area contributed by atoms with E-state index in [0.29, 0.717) is 5.13 Å². The molecular weight excluding hydrogens is 324 g/mol. The van der Waals surface area contributed by atoms with E-state index in [9.17, 15) is 4.79 Å². The van der Waals surface area contributed by atoms with Gasteiger partial charge in [0.1, 0.15) is 11.5 Å². The number of rotatable bonds is 5. The summed E-state index contributed by atoms with van der Waals surface area (Å²) in [7, 11) is 3.24. The van der Waals surface area contributed by atoms with E-state index in [1.165, 1.54) is 11.3 Å². The third kappa shape index (κ3) is 3.59. The van der Waals surface area contributed by atoms with Crippen LogP contribution < -0.4 is 14.8 Å². The summed E-state index contributed by atoms with van der Waals surface area (Å²) < 4.78 is 10.7. The molecule has 1 aliphatic rings. The van der Waals surface area contributed by atoms with E-state index in [4.69, 9.17) is 9.47 Å². The molecular formula is C18H20N2O3S. The van der Waals surface area contributed by atoms with Gasteiger partial charge in [-0.2, -0.15) is 0 Å². The van der Waals surface area contributed by atoms with Crippen LogP contribution in [0.25, 0.3) is 11.3 Å². The Morgan fingerprint density at radius 2 is 2.17 bits per heavy atom. The second-order valence-electron chi connectivity index (χ2n) is 5.57. The first-order valence-corrected chi connectivity index (χ1v) is 8.73. The van der Waals surface area contributed by atoms with Crippen LogP contribution in [0.5, 0.6) is 11.5 Å². The molecule has 0 fully saturated rings. The number of nitrogens with one attached hydrogen (secondary N) is 1. The number of ether oxygens (including phenoxy) is 2. The molecule has 3 rings (SSSR count). The van der Waals surface area contributed by atoms with E-state index >= 15 is 0 Å². The Hall–Kier alpha value is -2.34. The molecule has 1 N–H and O–H groups in total. The van der Waals surface area contributed by atoms with Gasteiger partial charge in [-0.15, -0.1) is 11.3 Å². The lowest BCUT2D eigenvalue weighted by atomic mass is 9.94. The van der Waals surface area contributed by atoms with Crippen LogP contribution in [0, 0.1) is 5.92 Å². The van der Waals surface area contributed by atoms with Gasteiger partial charge in [0.2, 0.25) is 5.91 Å². The van der Waals surface area contributed by atoms with Gasteiger partial charge >= 0.3 is 0 Å². The van der Waals surface area contributed by atoms with Crippen LogP contribution in [0.2, 0.25) is 0 Å². The predicted octanol–water partition coefficient (Wildman–Crippen LogP) is 4.12. The van der Waals surface area contributed by atoms with Crippen molar-refractivity contribution in [1.82, 2.24) is 4.98 Å². The van der Waals surface area contributed by atoms with E-state index in [1.54, 1.807) is 14.2 Å². The van der Waals surface area contributed by atoms with Crippen molar-refractivity contribution >= 4 is 22.4 Å². The molecule has 1 atom stereocenters. The third-order valence-electron chi connectivity index (χ3n) is 4.06. The predicted molar refractivity (Wildman–Crippen MR) is 95.8 cm³/mol. The molecule has 0 aliphatic heterocycles. The van der Waals surface area contributed by atoms with E-state index in [0.717, 1.165) is 42.0 Å². The summed E-state index contributed by atoms with van der Waals surface area (Å²) in [6.07, 6.45) is 6.85. The van der Waals surface area contributed by atoms with Crippen molar-refractivity contribution in [3.8, 4) is 22.8 Å². The number of benzene rings is 1. The third-order valence-corrected chi connectivity index (χ3v) is 4.81. The molecule has 24 heavy (non-hydrogen) atoms. The molecule has 1 aromatic carbocycles. The fraction of sp³-hybridized carbons (Fsp3) is 0.333. The van der Waals surface area contributed by atoms with E-state index < -0.39 is 0 Å². The zero-order chi connectivity index (χ0) is 16.9. The van der Waals surface area contributed by atoms with Gasteiger partial charge < -0.3 is 14.8 Å². The van der Waals surface area contributed by atoms with Crippen LogP contribution >= 0.6 is 11.3 Å². The van der Waals surface area contributed by atoms with Gasteiger partial charge in [-0.1, -0.05) is 12.2 Å². The standard InChI is InChI=1S/C18H20N2O3S/c1-22-13-8-9-16(23-2)14(10-13)15-11-24-18(19-15)20-17(21)12-6-4-3-5-7-12/h3-4,8-12H,5-7H2,1-2H3,(H,19,20,21)/t12-/m1/s1. The van der Waals surface area contributed by atoms with Gasteiger partial charge in [0.15, 0.2) is 5.13 Å². The van der Waals surface area contributed by atoms with Crippen LogP contribution in [0.3, 0.4) is 0 Å². The normalized spacial score (nSPS) is 16.7. The Bertz CT molecular complexity index is 754. The molecule has 2 aromatic rings. The smallest absolute Gasteiger partial charge is 0.229 e. The fourth-order valence-corrected chi connectivity index (χ4v) is 3.42. The molecule has 0 saturated heterocycles. The molecule has 0 radical (unpaired) electrons. The Kier molecular flexibility index (Phi) is 5.15. The van der Waals surface area contributed by atoms with Crippen molar-refractivity contribution < 1.29 is 14.3 Å². The molecule has 0 unspecified atom stereocenters. The number of nitrogens with zero attached hydrogens (tertiary/aromatic N) is 1. The molecule has 1 aromatic heterocycles. The number of hydrogen-bond acceptors (Lipinski definition) is 5. The fourth-order valence-electron chi connectivity index (χ4n) is 2.71. The van der Waals surface area contributed by atoms with Crippen LogP contribution in [0.15, 0.2) is 35.7 Å². The number of aromatic nitrogens is 1. The summed E-state index contributed by atoms with van der Waals surface area (Å²) in [5.41, 5.74) is 1.60. The molecule has 1 heterocycles. The van der Waals surface area contributed by atoms with Crippen LogP contribution in [0.1, 0.15) is 19.3 Å².